The van der Waals surface area contributed by atoms with Gasteiger partial charge in [0.25, 0.3) is 5.91 Å². The largest absolute Gasteiger partial charge is 0.364 e. The summed E-state index contributed by atoms with van der Waals surface area (Å²) in [7, 11) is 0. The van der Waals surface area contributed by atoms with Crippen LogP contribution in [0.15, 0.2) is 24.3 Å². The van der Waals surface area contributed by atoms with E-state index in [1.54, 1.807) is 18.2 Å². The van der Waals surface area contributed by atoms with Crippen molar-refractivity contribution in [2.75, 3.05) is 0 Å². The Kier molecular flexibility index (Phi) is 2.89. The number of benzene rings is 1. The van der Waals surface area contributed by atoms with Crippen molar-refractivity contribution < 1.29 is 9.18 Å². The first-order chi connectivity index (χ1) is 7.59. The molecule has 1 aromatic carbocycles. The van der Waals surface area contributed by atoms with E-state index < -0.39 is 11.7 Å². The lowest BCUT2D eigenvalue weighted by Gasteiger charge is -2.00. The zero-order valence-electron chi connectivity index (χ0n) is 7.91. The standard InChI is InChI=1S/C10H6ClFN2OS/c11-10-14-7(9(13)15)8(16-10)5-3-1-2-4-6(5)12/h1-4H,(H2,13,15). The zero-order chi connectivity index (χ0) is 11.7. The monoisotopic (exact) mass is 256 g/mol. The number of hydrogen-bond acceptors (Lipinski definition) is 3. The maximum Gasteiger partial charge on any atom is 0.268 e. The molecule has 1 heterocycles. The Labute approximate surface area is 99.7 Å². The average molecular weight is 257 g/mol. The zero-order valence-corrected chi connectivity index (χ0v) is 9.48. The summed E-state index contributed by atoms with van der Waals surface area (Å²) < 4.78 is 13.7. The minimum Gasteiger partial charge on any atom is -0.364 e. The summed E-state index contributed by atoms with van der Waals surface area (Å²) in [5, 5.41) is 0. The third-order valence-corrected chi connectivity index (χ3v) is 3.15. The van der Waals surface area contributed by atoms with Crippen LogP contribution < -0.4 is 5.73 Å². The normalized spacial score (nSPS) is 10.4. The first kappa shape index (κ1) is 11.0. The van der Waals surface area contributed by atoms with Crippen LogP contribution in [0.4, 0.5) is 4.39 Å². The number of carbonyl (C=O) groups excluding carboxylic acids is 1. The Morgan fingerprint density at radius 1 is 1.44 bits per heavy atom. The van der Waals surface area contributed by atoms with Crippen LogP contribution in [0, 0.1) is 5.82 Å². The van der Waals surface area contributed by atoms with E-state index in [0.29, 0.717) is 4.88 Å². The van der Waals surface area contributed by atoms with Crippen molar-refractivity contribution in [3.05, 3.63) is 40.2 Å². The van der Waals surface area contributed by atoms with Gasteiger partial charge in [0.15, 0.2) is 4.47 Å². The van der Waals surface area contributed by atoms with E-state index in [4.69, 9.17) is 17.3 Å². The summed E-state index contributed by atoms with van der Waals surface area (Å²) in [6.45, 7) is 0. The summed E-state index contributed by atoms with van der Waals surface area (Å²) in [6.07, 6.45) is 0. The molecule has 82 valence electrons. The van der Waals surface area contributed by atoms with Gasteiger partial charge in [-0.3, -0.25) is 4.79 Å². The number of aromatic nitrogens is 1. The van der Waals surface area contributed by atoms with Crippen molar-refractivity contribution in [3.63, 3.8) is 0 Å². The van der Waals surface area contributed by atoms with E-state index in [9.17, 15) is 9.18 Å². The van der Waals surface area contributed by atoms with Gasteiger partial charge in [0.2, 0.25) is 0 Å². The summed E-state index contributed by atoms with van der Waals surface area (Å²) >= 11 is 6.71. The van der Waals surface area contributed by atoms with Crippen LogP contribution in [0.3, 0.4) is 0 Å². The highest BCUT2D eigenvalue weighted by molar-refractivity contribution is 7.19. The first-order valence-corrected chi connectivity index (χ1v) is 5.50. The molecule has 2 rings (SSSR count). The van der Waals surface area contributed by atoms with Crippen molar-refractivity contribution in [1.82, 2.24) is 4.98 Å². The van der Waals surface area contributed by atoms with Gasteiger partial charge in [0.1, 0.15) is 11.5 Å². The number of primary amides is 1. The number of thiazole rings is 1. The van der Waals surface area contributed by atoms with Crippen molar-refractivity contribution in [2.45, 2.75) is 0 Å². The van der Waals surface area contributed by atoms with Gasteiger partial charge in [0, 0.05) is 5.56 Å². The number of halogens is 2. The molecule has 1 amide bonds. The van der Waals surface area contributed by atoms with Gasteiger partial charge in [-0.05, 0) is 6.07 Å². The number of nitrogens with zero attached hydrogens (tertiary/aromatic N) is 1. The number of hydrogen-bond donors (Lipinski definition) is 1. The fourth-order valence-corrected chi connectivity index (χ4v) is 2.43. The Balaban J connectivity index is 2.64. The number of nitrogens with two attached hydrogens (primary N) is 1. The van der Waals surface area contributed by atoms with Crippen molar-refractivity contribution in [3.8, 4) is 10.4 Å². The predicted octanol–water partition coefficient (Wildman–Crippen LogP) is 2.70. The summed E-state index contributed by atoms with van der Waals surface area (Å²) in [6, 6.07) is 6.07. The lowest BCUT2D eigenvalue weighted by atomic mass is 10.1. The van der Waals surface area contributed by atoms with Gasteiger partial charge in [-0.1, -0.05) is 29.8 Å². The molecule has 0 aliphatic rings. The molecule has 0 saturated heterocycles. The second kappa shape index (κ2) is 4.19. The van der Waals surface area contributed by atoms with Crippen LogP contribution in [0.2, 0.25) is 4.47 Å². The van der Waals surface area contributed by atoms with Crippen LogP contribution in [-0.4, -0.2) is 10.9 Å². The van der Waals surface area contributed by atoms with E-state index in [1.807, 2.05) is 0 Å². The molecule has 0 aliphatic carbocycles. The molecule has 3 nitrogen and oxygen atoms in total. The number of amides is 1. The highest BCUT2D eigenvalue weighted by Gasteiger charge is 2.18. The average Bonchev–Trinajstić information content (AvgIpc) is 2.61. The minimum absolute atomic E-state index is 0.0000926. The molecule has 6 heteroatoms. The molecule has 2 aromatic rings. The van der Waals surface area contributed by atoms with Crippen LogP contribution >= 0.6 is 22.9 Å². The smallest absolute Gasteiger partial charge is 0.268 e. The van der Waals surface area contributed by atoms with E-state index in [2.05, 4.69) is 4.98 Å². The van der Waals surface area contributed by atoms with Crippen LogP contribution in [-0.2, 0) is 0 Å². The Bertz CT molecular complexity index is 556. The van der Waals surface area contributed by atoms with Crippen LogP contribution in [0.1, 0.15) is 10.5 Å². The lowest BCUT2D eigenvalue weighted by Crippen LogP contribution is -2.12. The Morgan fingerprint density at radius 2 is 2.12 bits per heavy atom. The van der Waals surface area contributed by atoms with Gasteiger partial charge in [-0.2, -0.15) is 0 Å². The van der Waals surface area contributed by atoms with E-state index >= 15 is 0 Å². The molecule has 0 unspecified atom stereocenters. The highest BCUT2D eigenvalue weighted by Crippen LogP contribution is 2.33. The molecule has 0 spiro atoms. The van der Waals surface area contributed by atoms with Crippen LogP contribution in [0.25, 0.3) is 10.4 Å². The second-order valence-corrected chi connectivity index (χ2v) is 4.57. The van der Waals surface area contributed by atoms with Gasteiger partial charge in [-0.15, -0.1) is 11.3 Å². The van der Waals surface area contributed by atoms with Gasteiger partial charge in [0.05, 0.1) is 4.88 Å². The van der Waals surface area contributed by atoms with Gasteiger partial charge >= 0.3 is 0 Å². The van der Waals surface area contributed by atoms with E-state index in [-0.39, 0.29) is 15.7 Å². The topological polar surface area (TPSA) is 56.0 Å². The molecule has 16 heavy (non-hydrogen) atoms. The molecule has 2 N–H and O–H groups in total. The molecule has 0 radical (unpaired) electrons. The fourth-order valence-electron chi connectivity index (χ4n) is 1.29. The molecule has 0 atom stereocenters. The maximum absolute atomic E-state index is 13.5. The van der Waals surface area contributed by atoms with Gasteiger partial charge in [-0.25, -0.2) is 9.37 Å². The first-order valence-electron chi connectivity index (χ1n) is 4.30. The van der Waals surface area contributed by atoms with E-state index in [0.717, 1.165) is 11.3 Å². The molecule has 0 bridgehead atoms. The molecular formula is C10H6ClFN2OS. The molecular weight excluding hydrogens is 251 g/mol. The van der Waals surface area contributed by atoms with Gasteiger partial charge < -0.3 is 5.73 Å². The number of carbonyl (C=O) groups is 1. The third-order valence-electron chi connectivity index (χ3n) is 1.95. The molecule has 0 saturated carbocycles. The molecule has 0 fully saturated rings. The number of rotatable bonds is 2. The predicted molar refractivity (Wildman–Crippen MR) is 61.0 cm³/mol. The van der Waals surface area contributed by atoms with E-state index in [1.165, 1.54) is 6.07 Å². The maximum atomic E-state index is 13.5. The summed E-state index contributed by atoms with van der Waals surface area (Å²) in [4.78, 5) is 15.2. The SMILES string of the molecule is NC(=O)c1nc(Cl)sc1-c1ccccc1F. The molecule has 1 aromatic heterocycles. The fraction of sp³-hybridized carbons (Fsp3) is 0. The third kappa shape index (κ3) is 1.91. The quantitative estimate of drug-likeness (QED) is 0.898. The minimum atomic E-state index is -0.721. The summed E-state index contributed by atoms with van der Waals surface area (Å²) in [5.74, 6) is -1.16. The highest BCUT2D eigenvalue weighted by atomic mass is 35.5. The second-order valence-electron chi connectivity index (χ2n) is 2.99. The van der Waals surface area contributed by atoms with Crippen molar-refractivity contribution >= 4 is 28.8 Å². The Hall–Kier alpha value is -1.46. The Morgan fingerprint density at radius 3 is 2.75 bits per heavy atom. The molecule has 0 aliphatic heterocycles. The summed E-state index contributed by atoms with van der Waals surface area (Å²) in [5.41, 5.74) is 5.42. The van der Waals surface area contributed by atoms with Crippen molar-refractivity contribution in [1.29, 1.82) is 0 Å². The lowest BCUT2D eigenvalue weighted by molar-refractivity contribution is 0.0997. The van der Waals surface area contributed by atoms with Crippen LogP contribution in [0.5, 0.6) is 0 Å². The van der Waals surface area contributed by atoms with Crippen molar-refractivity contribution in [2.24, 2.45) is 5.73 Å².